The first-order valence-corrected chi connectivity index (χ1v) is 9.17. The second-order valence-electron chi connectivity index (χ2n) is 5.40. The number of benzene rings is 2. The molecule has 1 heterocycles. The summed E-state index contributed by atoms with van der Waals surface area (Å²) in [6.07, 6.45) is 0. The van der Waals surface area contributed by atoms with Crippen LogP contribution in [0.1, 0.15) is 5.56 Å². The van der Waals surface area contributed by atoms with E-state index in [0.29, 0.717) is 24.9 Å². The van der Waals surface area contributed by atoms with Crippen molar-refractivity contribution in [2.45, 2.75) is 11.7 Å². The lowest BCUT2D eigenvalue weighted by molar-refractivity contribution is -0.118. The van der Waals surface area contributed by atoms with Gasteiger partial charge in [-0.05, 0) is 28.1 Å². The van der Waals surface area contributed by atoms with E-state index in [4.69, 9.17) is 4.74 Å². The normalized spacial score (nSPS) is 10.5. The zero-order valence-electron chi connectivity index (χ0n) is 14.1. The summed E-state index contributed by atoms with van der Waals surface area (Å²) in [6.45, 7) is 1.44. The molecule has 7 nitrogen and oxygen atoms in total. The third-order valence-electron chi connectivity index (χ3n) is 3.44. The fourth-order valence-electron chi connectivity index (χ4n) is 2.21. The number of carbonyl (C=O) groups is 1. The molecule has 0 aliphatic heterocycles. The molecule has 0 fully saturated rings. The van der Waals surface area contributed by atoms with Gasteiger partial charge >= 0.3 is 0 Å². The van der Waals surface area contributed by atoms with Crippen molar-refractivity contribution in [2.75, 3.05) is 18.9 Å². The number of amides is 1. The van der Waals surface area contributed by atoms with Crippen LogP contribution in [-0.4, -0.2) is 45.0 Å². The Kier molecular flexibility index (Phi) is 6.60. The molecule has 0 unspecified atom stereocenters. The molecule has 3 aromatic rings. The Morgan fingerprint density at radius 3 is 2.58 bits per heavy atom. The average Bonchev–Trinajstić information content (AvgIpc) is 3.12. The Morgan fingerprint density at radius 1 is 1.08 bits per heavy atom. The number of hydrogen-bond donors (Lipinski definition) is 1. The maximum absolute atomic E-state index is 12.0. The van der Waals surface area contributed by atoms with Crippen molar-refractivity contribution in [1.82, 2.24) is 25.5 Å². The number of nitrogens with one attached hydrogen (secondary N) is 1. The molecule has 1 N–H and O–H groups in total. The van der Waals surface area contributed by atoms with Crippen molar-refractivity contribution in [3.8, 4) is 5.75 Å². The highest BCUT2D eigenvalue weighted by Crippen LogP contribution is 2.14. The highest BCUT2D eigenvalue weighted by Gasteiger charge is 2.10. The van der Waals surface area contributed by atoms with Gasteiger partial charge in [0.25, 0.3) is 0 Å². The topological polar surface area (TPSA) is 81.9 Å². The first-order valence-electron chi connectivity index (χ1n) is 8.19. The third kappa shape index (κ3) is 5.59. The van der Waals surface area contributed by atoms with Gasteiger partial charge in [-0.15, -0.1) is 5.10 Å². The molecule has 0 radical (unpaired) electrons. The molecule has 0 spiro atoms. The molecule has 0 saturated heterocycles. The van der Waals surface area contributed by atoms with Crippen LogP contribution < -0.4 is 10.1 Å². The second kappa shape index (κ2) is 9.57. The molecule has 0 bridgehead atoms. The maximum Gasteiger partial charge on any atom is 0.230 e. The van der Waals surface area contributed by atoms with E-state index in [1.807, 2.05) is 60.7 Å². The molecule has 26 heavy (non-hydrogen) atoms. The Morgan fingerprint density at radius 2 is 1.81 bits per heavy atom. The van der Waals surface area contributed by atoms with Crippen LogP contribution in [0.2, 0.25) is 0 Å². The molecule has 3 rings (SSSR count). The number of carbonyl (C=O) groups excluding carboxylic acids is 1. The number of nitrogens with zero attached hydrogens (tertiary/aromatic N) is 4. The number of tetrazole rings is 1. The summed E-state index contributed by atoms with van der Waals surface area (Å²) in [7, 11) is 0. The maximum atomic E-state index is 12.0. The molecule has 1 aromatic heterocycles. The first kappa shape index (κ1) is 17.9. The minimum absolute atomic E-state index is 0.0825. The summed E-state index contributed by atoms with van der Waals surface area (Å²) in [5.41, 5.74) is 1.10. The summed E-state index contributed by atoms with van der Waals surface area (Å²) in [5.74, 6) is 0.956. The van der Waals surface area contributed by atoms with E-state index in [-0.39, 0.29) is 11.7 Å². The monoisotopic (exact) mass is 369 g/mol. The summed E-state index contributed by atoms with van der Waals surface area (Å²) in [6, 6.07) is 19.4. The SMILES string of the molecule is O=C(CSc1nnnn1Cc1ccccc1)NCCOc1ccccc1. The minimum Gasteiger partial charge on any atom is -0.492 e. The van der Waals surface area contributed by atoms with E-state index in [2.05, 4.69) is 20.8 Å². The van der Waals surface area contributed by atoms with Crippen LogP contribution in [0.15, 0.2) is 65.8 Å². The van der Waals surface area contributed by atoms with Gasteiger partial charge in [-0.1, -0.05) is 60.3 Å². The number of para-hydroxylation sites is 1. The lowest BCUT2D eigenvalue weighted by Gasteiger charge is -2.07. The van der Waals surface area contributed by atoms with Crippen LogP contribution in [0.4, 0.5) is 0 Å². The van der Waals surface area contributed by atoms with Crippen LogP contribution in [0.3, 0.4) is 0 Å². The quantitative estimate of drug-likeness (QED) is 0.459. The Bertz CT molecular complexity index is 811. The Balaban J connectivity index is 1.39. The van der Waals surface area contributed by atoms with Gasteiger partial charge in [0.1, 0.15) is 12.4 Å². The lowest BCUT2D eigenvalue weighted by Crippen LogP contribution is -2.29. The van der Waals surface area contributed by atoms with Gasteiger partial charge in [0.05, 0.1) is 18.8 Å². The zero-order chi connectivity index (χ0) is 18.0. The summed E-state index contributed by atoms with van der Waals surface area (Å²) >= 11 is 1.31. The summed E-state index contributed by atoms with van der Waals surface area (Å²) in [4.78, 5) is 12.0. The average molecular weight is 369 g/mol. The molecule has 0 aliphatic carbocycles. The van der Waals surface area contributed by atoms with Crippen LogP contribution in [0, 0.1) is 0 Å². The fourth-order valence-corrected chi connectivity index (χ4v) is 2.92. The van der Waals surface area contributed by atoms with Gasteiger partial charge in [-0.3, -0.25) is 4.79 Å². The molecule has 0 atom stereocenters. The van der Waals surface area contributed by atoms with Gasteiger partial charge in [-0.25, -0.2) is 4.68 Å². The number of aromatic nitrogens is 4. The smallest absolute Gasteiger partial charge is 0.230 e. The highest BCUT2D eigenvalue weighted by atomic mass is 32.2. The lowest BCUT2D eigenvalue weighted by atomic mass is 10.2. The molecule has 2 aromatic carbocycles. The predicted molar refractivity (Wildman–Crippen MR) is 99.0 cm³/mol. The molecular weight excluding hydrogens is 350 g/mol. The molecule has 0 aliphatic rings. The molecule has 134 valence electrons. The first-order chi connectivity index (χ1) is 12.8. The molecule has 1 amide bonds. The molecule has 8 heteroatoms. The number of thioether (sulfide) groups is 1. The van der Waals surface area contributed by atoms with Crippen molar-refractivity contribution < 1.29 is 9.53 Å². The Hall–Kier alpha value is -2.87. The van der Waals surface area contributed by atoms with Crippen LogP contribution in [0.25, 0.3) is 0 Å². The largest absolute Gasteiger partial charge is 0.492 e. The van der Waals surface area contributed by atoms with E-state index in [0.717, 1.165) is 11.3 Å². The fraction of sp³-hybridized carbons (Fsp3) is 0.222. The van der Waals surface area contributed by atoms with Crippen molar-refractivity contribution in [3.05, 3.63) is 66.2 Å². The predicted octanol–water partition coefficient (Wildman–Crippen LogP) is 2.01. The molecule has 0 saturated carbocycles. The summed E-state index contributed by atoms with van der Waals surface area (Å²) < 4.78 is 7.22. The van der Waals surface area contributed by atoms with Crippen molar-refractivity contribution >= 4 is 17.7 Å². The van der Waals surface area contributed by atoms with E-state index in [1.54, 1.807) is 4.68 Å². The van der Waals surface area contributed by atoms with Crippen LogP contribution >= 0.6 is 11.8 Å². The number of ether oxygens (including phenoxy) is 1. The second-order valence-corrected chi connectivity index (χ2v) is 6.35. The zero-order valence-corrected chi connectivity index (χ0v) is 14.9. The van der Waals surface area contributed by atoms with Gasteiger partial charge in [0.15, 0.2) is 0 Å². The number of hydrogen-bond acceptors (Lipinski definition) is 6. The van der Waals surface area contributed by atoms with Crippen LogP contribution in [-0.2, 0) is 11.3 Å². The minimum atomic E-state index is -0.0825. The number of rotatable bonds is 9. The van der Waals surface area contributed by atoms with Gasteiger partial charge in [-0.2, -0.15) is 0 Å². The molecular formula is C18H19N5O2S. The van der Waals surface area contributed by atoms with E-state index >= 15 is 0 Å². The van der Waals surface area contributed by atoms with E-state index in [9.17, 15) is 4.79 Å². The van der Waals surface area contributed by atoms with Crippen molar-refractivity contribution in [2.24, 2.45) is 0 Å². The van der Waals surface area contributed by atoms with Gasteiger partial charge in [0, 0.05) is 0 Å². The van der Waals surface area contributed by atoms with Gasteiger partial charge in [0.2, 0.25) is 11.1 Å². The summed E-state index contributed by atoms with van der Waals surface area (Å²) in [5, 5.41) is 15.1. The third-order valence-corrected chi connectivity index (χ3v) is 4.40. The standard InChI is InChI=1S/C18H19N5O2S/c24-17(19-11-12-25-16-9-5-2-6-10-16)14-26-18-20-21-22-23(18)13-15-7-3-1-4-8-15/h1-10H,11-14H2,(H,19,24). The highest BCUT2D eigenvalue weighted by molar-refractivity contribution is 7.99. The van der Waals surface area contributed by atoms with E-state index < -0.39 is 0 Å². The van der Waals surface area contributed by atoms with Crippen molar-refractivity contribution in [1.29, 1.82) is 0 Å². The Labute approximate surface area is 155 Å². The van der Waals surface area contributed by atoms with Crippen molar-refractivity contribution in [3.63, 3.8) is 0 Å². The van der Waals surface area contributed by atoms with Gasteiger partial charge < -0.3 is 10.1 Å². The van der Waals surface area contributed by atoms with E-state index in [1.165, 1.54) is 11.8 Å². The van der Waals surface area contributed by atoms with Crippen LogP contribution in [0.5, 0.6) is 5.75 Å².